The summed E-state index contributed by atoms with van der Waals surface area (Å²) < 4.78 is 0. The van der Waals surface area contributed by atoms with Gasteiger partial charge < -0.3 is 10.2 Å². The van der Waals surface area contributed by atoms with Crippen molar-refractivity contribution in [1.29, 1.82) is 0 Å². The van der Waals surface area contributed by atoms with E-state index in [-0.39, 0.29) is 17.9 Å². The van der Waals surface area contributed by atoms with Gasteiger partial charge in [-0.2, -0.15) is 0 Å². The largest absolute Gasteiger partial charge is 0.352 e. The summed E-state index contributed by atoms with van der Waals surface area (Å²) in [6.45, 7) is 8.95. The molecule has 2 aliphatic rings. The van der Waals surface area contributed by atoms with E-state index in [2.05, 4.69) is 25.4 Å². The maximum absolute atomic E-state index is 12.2. The van der Waals surface area contributed by atoms with Crippen molar-refractivity contribution < 1.29 is 9.59 Å². The summed E-state index contributed by atoms with van der Waals surface area (Å²) in [6, 6.07) is 0.188. The number of hydrogen-bond acceptors (Lipinski definition) is 2. The average molecular weight is 308 g/mol. The van der Waals surface area contributed by atoms with E-state index in [0.29, 0.717) is 12.5 Å². The highest BCUT2D eigenvalue weighted by atomic mass is 16.2. The first-order valence-electron chi connectivity index (χ1n) is 8.82. The minimum atomic E-state index is -0.196. The monoisotopic (exact) mass is 308 g/mol. The standard InChI is InChI=1S/C16H28N2O2.C2H4/c1-2-3-4-5-6-9-15(19)18-12-7-8-14(18)16(20)17-13-10-11-13;1-2/h13-14H,2-12H2,1H3,(H,17,20);1-2H2/t14-;/m0./s1. The second-order valence-corrected chi connectivity index (χ2v) is 6.19. The van der Waals surface area contributed by atoms with E-state index < -0.39 is 0 Å². The van der Waals surface area contributed by atoms with Gasteiger partial charge in [-0.15, -0.1) is 13.2 Å². The van der Waals surface area contributed by atoms with Crippen LogP contribution >= 0.6 is 0 Å². The van der Waals surface area contributed by atoms with Crippen molar-refractivity contribution in [2.45, 2.75) is 83.2 Å². The topological polar surface area (TPSA) is 49.4 Å². The van der Waals surface area contributed by atoms with Crippen molar-refractivity contribution in [1.82, 2.24) is 10.2 Å². The maximum atomic E-state index is 12.2. The van der Waals surface area contributed by atoms with Gasteiger partial charge in [0.05, 0.1) is 0 Å². The molecule has 0 aromatic heterocycles. The summed E-state index contributed by atoms with van der Waals surface area (Å²) in [6.07, 6.45) is 10.4. The highest BCUT2D eigenvalue weighted by Crippen LogP contribution is 2.23. The second kappa shape index (κ2) is 10.4. The van der Waals surface area contributed by atoms with Crippen LogP contribution in [0.1, 0.15) is 71.1 Å². The van der Waals surface area contributed by atoms with Gasteiger partial charge >= 0.3 is 0 Å². The lowest BCUT2D eigenvalue weighted by atomic mass is 10.1. The van der Waals surface area contributed by atoms with E-state index >= 15 is 0 Å². The molecule has 1 saturated heterocycles. The van der Waals surface area contributed by atoms with Crippen LogP contribution in [0.5, 0.6) is 0 Å². The van der Waals surface area contributed by atoms with Gasteiger partial charge in [-0.1, -0.05) is 32.6 Å². The number of carbonyl (C=O) groups is 2. The molecule has 0 aromatic rings. The summed E-state index contributed by atoms with van der Waals surface area (Å²) in [4.78, 5) is 26.2. The molecule has 0 bridgehead atoms. The van der Waals surface area contributed by atoms with Crippen LogP contribution in [0.4, 0.5) is 0 Å². The van der Waals surface area contributed by atoms with Crippen LogP contribution in [0.3, 0.4) is 0 Å². The molecule has 0 unspecified atom stereocenters. The molecular formula is C18H32N2O2. The predicted octanol–water partition coefficient (Wildman–Crippen LogP) is 3.42. The third kappa shape index (κ3) is 6.20. The van der Waals surface area contributed by atoms with Crippen molar-refractivity contribution in [3.8, 4) is 0 Å². The van der Waals surface area contributed by atoms with Crippen molar-refractivity contribution in [3.05, 3.63) is 13.2 Å². The molecule has 2 rings (SSSR count). The zero-order valence-corrected chi connectivity index (χ0v) is 14.1. The Hall–Kier alpha value is -1.32. The first-order valence-corrected chi connectivity index (χ1v) is 8.82. The Kier molecular flexibility index (Phi) is 8.86. The molecule has 1 saturated carbocycles. The Balaban J connectivity index is 0.00000116. The summed E-state index contributed by atoms with van der Waals surface area (Å²) in [5.74, 6) is 0.249. The highest BCUT2D eigenvalue weighted by Gasteiger charge is 2.35. The van der Waals surface area contributed by atoms with Gasteiger partial charge in [0.25, 0.3) is 0 Å². The fourth-order valence-corrected chi connectivity index (χ4v) is 2.89. The molecule has 1 aliphatic carbocycles. The highest BCUT2D eigenvalue weighted by molar-refractivity contribution is 5.88. The Morgan fingerprint density at radius 2 is 1.77 bits per heavy atom. The molecule has 2 amide bonds. The lowest BCUT2D eigenvalue weighted by Crippen LogP contribution is -2.46. The van der Waals surface area contributed by atoms with Crippen molar-refractivity contribution in [2.24, 2.45) is 0 Å². The normalized spacial score (nSPS) is 20.2. The van der Waals surface area contributed by atoms with Gasteiger partial charge in [0, 0.05) is 19.0 Å². The number of amides is 2. The number of nitrogens with one attached hydrogen (secondary N) is 1. The predicted molar refractivity (Wildman–Crippen MR) is 90.5 cm³/mol. The third-order valence-corrected chi connectivity index (χ3v) is 4.29. The first kappa shape index (κ1) is 18.7. The number of likely N-dealkylation sites (tertiary alicyclic amines) is 1. The molecule has 1 N–H and O–H groups in total. The number of carbonyl (C=O) groups excluding carboxylic acids is 2. The Morgan fingerprint density at radius 3 is 2.41 bits per heavy atom. The molecule has 4 heteroatoms. The fraction of sp³-hybridized carbons (Fsp3) is 0.778. The molecular weight excluding hydrogens is 276 g/mol. The third-order valence-electron chi connectivity index (χ3n) is 4.29. The van der Waals surface area contributed by atoms with Gasteiger partial charge in [0.1, 0.15) is 6.04 Å². The Morgan fingerprint density at radius 1 is 1.09 bits per heavy atom. The molecule has 2 fully saturated rings. The van der Waals surface area contributed by atoms with Gasteiger partial charge in [-0.3, -0.25) is 9.59 Å². The van der Waals surface area contributed by atoms with Crippen LogP contribution in [-0.2, 0) is 9.59 Å². The van der Waals surface area contributed by atoms with E-state index in [1.54, 1.807) is 0 Å². The van der Waals surface area contributed by atoms with Gasteiger partial charge in [-0.05, 0) is 32.1 Å². The molecule has 4 nitrogen and oxygen atoms in total. The van der Waals surface area contributed by atoms with Crippen molar-refractivity contribution in [2.75, 3.05) is 6.54 Å². The average Bonchev–Trinajstić information content (AvgIpc) is 3.20. The molecule has 126 valence electrons. The second-order valence-electron chi connectivity index (χ2n) is 6.19. The number of nitrogens with zero attached hydrogens (tertiary/aromatic N) is 1. The minimum Gasteiger partial charge on any atom is -0.352 e. The zero-order valence-electron chi connectivity index (χ0n) is 14.1. The van der Waals surface area contributed by atoms with Crippen molar-refractivity contribution in [3.63, 3.8) is 0 Å². The first-order chi connectivity index (χ1) is 10.7. The van der Waals surface area contributed by atoms with Gasteiger partial charge in [-0.25, -0.2) is 0 Å². The van der Waals surface area contributed by atoms with E-state index in [9.17, 15) is 9.59 Å². The number of hydrogen-bond donors (Lipinski definition) is 1. The lowest BCUT2D eigenvalue weighted by Gasteiger charge is -2.24. The number of unbranched alkanes of at least 4 members (excludes halogenated alkanes) is 4. The van der Waals surface area contributed by atoms with E-state index in [4.69, 9.17) is 0 Å². The van der Waals surface area contributed by atoms with E-state index in [1.165, 1.54) is 19.3 Å². The Labute approximate surface area is 135 Å². The van der Waals surface area contributed by atoms with Crippen LogP contribution in [0.2, 0.25) is 0 Å². The summed E-state index contributed by atoms with van der Waals surface area (Å²) in [7, 11) is 0. The zero-order chi connectivity index (χ0) is 16.4. The summed E-state index contributed by atoms with van der Waals surface area (Å²) in [5, 5.41) is 3.03. The van der Waals surface area contributed by atoms with Crippen molar-refractivity contribution >= 4 is 11.8 Å². The van der Waals surface area contributed by atoms with E-state index in [0.717, 1.165) is 45.1 Å². The molecule has 0 radical (unpaired) electrons. The smallest absolute Gasteiger partial charge is 0.243 e. The SMILES string of the molecule is C=C.CCCCCCCC(=O)N1CCC[C@H]1C(=O)NC1CC1. The molecule has 1 atom stereocenters. The molecule has 1 aliphatic heterocycles. The molecule has 0 aromatic carbocycles. The summed E-state index contributed by atoms with van der Waals surface area (Å²) in [5.41, 5.74) is 0. The van der Waals surface area contributed by atoms with Crippen LogP contribution in [0.25, 0.3) is 0 Å². The fourth-order valence-electron chi connectivity index (χ4n) is 2.89. The molecule has 0 spiro atoms. The number of rotatable bonds is 8. The van der Waals surface area contributed by atoms with E-state index in [1.807, 2.05) is 4.90 Å². The summed E-state index contributed by atoms with van der Waals surface area (Å²) >= 11 is 0. The van der Waals surface area contributed by atoms with Gasteiger partial charge in [0.2, 0.25) is 11.8 Å². The Bertz CT molecular complexity index is 353. The quantitative estimate of drug-likeness (QED) is 0.552. The maximum Gasteiger partial charge on any atom is 0.243 e. The lowest BCUT2D eigenvalue weighted by molar-refractivity contribution is -0.138. The molecule has 1 heterocycles. The van der Waals surface area contributed by atoms with Gasteiger partial charge in [0.15, 0.2) is 0 Å². The molecule has 22 heavy (non-hydrogen) atoms. The minimum absolute atomic E-state index is 0.0735. The van der Waals surface area contributed by atoms with Crippen LogP contribution in [0, 0.1) is 0 Å². The van der Waals surface area contributed by atoms with Crippen LogP contribution < -0.4 is 5.32 Å². The van der Waals surface area contributed by atoms with Crippen LogP contribution in [-0.4, -0.2) is 35.3 Å². The van der Waals surface area contributed by atoms with Crippen LogP contribution in [0.15, 0.2) is 13.2 Å².